The molecule has 1 heterocycles. The number of likely N-dealkylation sites (N-methyl/N-ethyl adjacent to an activating group) is 1. The molecule has 32 heavy (non-hydrogen) atoms. The summed E-state index contributed by atoms with van der Waals surface area (Å²) in [5.41, 5.74) is 1.94. The third-order valence-corrected chi connectivity index (χ3v) is 9.40. The Bertz CT molecular complexity index is 1200. The van der Waals surface area contributed by atoms with Gasteiger partial charge in [-0.3, -0.25) is 4.79 Å². The molecule has 174 valence electrons. The van der Waals surface area contributed by atoms with E-state index < -0.39 is 32.5 Å². The fourth-order valence-electron chi connectivity index (χ4n) is 3.57. The number of aryl methyl sites for hydroxylation is 2. The van der Waals surface area contributed by atoms with Gasteiger partial charge in [0.2, 0.25) is 26.0 Å². The van der Waals surface area contributed by atoms with Gasteiger partial charge in [0, 0.05) is 20.1 Å². The minimum Gasteiger partial charge on any atom is -0.324 e. The molecule has 0 radical (unpaired) electrons. The lowest BCUT2D eigenvalue weighted by molar-refractivity contribution is -0.116. The van der Waals surface area contributed by atoms with E-state index in [9.17, 15) is 21.6 Å². The van der Waals surface area contributed by atoms with E-state index >= 15 is 0 Å². The van der Waals surface area contributed by atoms with E-state index in [0.717, 1.165) is 34.7 Å². The van der Waals surface area contributed by atoms with E-state index in [1.165, 1.54) is 29.6 Å². The Labute approximate surface area is 190 Å². The number of nitrogens with zero attached hydrogens (tertiary/aromatic N) is 2. The summed E-state index contributed by atoms with van der Waals surface area (Å²) in [6.45, 7) is 4.15. The molecule has 0 aliphatic carbocycles. The summed E-state index contributed by atoms with van der Waals surface area (Å²) in [6, 6.07) is 11.0. The highest BCUT2D eigenvalue weighted by molar-refractivity contribution is 7.89. The highest BCUT2D eigenvalue weighted by Crippen LogP contribution is 2.27. The third-order valence-electron chi connectivity index (χ3n) is 5.65. The summed E-state index contributed by atoms with van der Waals surface area (Å²) < 4.78 is 54.3. The zero-order valence-corrected chi connectivity index (χ0v) is 20.2. The smallest absolute Gasteiger partial charge is 0.245 e. The zero-order valence-electron chi connectivity index (χ0n) is 18.5. The molecule has 0 bridgehead atoms. The third kappa shape index (κ3) is 5.20. The molecule has 1 aliphatic rings. The quantitative estimate of drug-likeness (QED) is 0.658. The molecule has 1 N–H and O–H groups in total. The number of hydrogen-bond donors (Lipinski definition) is 1. The van der Waals surface area contributed by atoms with Crippen LogP contribution in [-0.4, -0.2) is 58.0 Å². The molecule has 8 nitrogen and oxygen atoms in total. The number of piperidine rings is 1. The topological polar surface area (TPSA) is 104 Å². The minimum atomic E-state index is -3.88. The lowest BCUT2D eigenvalue weighted by Crippen LogP contribution is -2.37. The van der Waals surface area contributed by atoms with E-state index in [-0.39, 0.29) is 15.5 Å². The van der Waals surface area contributed by atoms with Crippen molar-refractivity contribution in [2.75, 3.05) is 32.0 Å². The van der Waals surface area contributed by atoms with E-state index in [1.807, 2.05) is 13.8 Å². The van der Waals surface area contributed by atoms with Crippen LogP contribution in [0.15, 0.2) is 52.3 Å². The van der Waals surface area contributed by atoms with Crippen molar-refractivity contribution >= 4 is 31.6 Å². The van der Waals surface area contributed by atoms with Gasteiger partial charge in [-0.05, 0) is 62.1 Å². The van der Waals surface area contributed by atoms with Crippen molar-refractivity contribution in [3.8, 4) is 0 Å². The highest BCUT2D eigenvalue weighted by Gasteiger charge is 2.29. The summed E-state index contributed by atoms with van der Waals surface area (Å²) in [5.74, 6) is -0.624. The first-order valence-corrected chi connectivity index (χ1v) is 13.3. The molecule has 10 heteroatoms. The second kappa shape index (κ2) is 9.70. The van der Waals surface area contributed by atoms with Crippen LogP contribution < -0.4 is 5.32 Å². The van der Waals surface area contributed by atoms with Crippen LogP contribution in [0.3, 0.4) is 0 Å². The maximum atomic E-state index is 13.1. The Morgan fingerprint density at radius 3 is 2.28 bits per heavy atom. The number of para-hydroxylation sites is 1. The number of anilines is 1. The minimum absolute atomic E-state index is 0.00918. The fraction of sp³-hybridized carbons (Fsp3) is 0.409. The fourth-order valence-corrected chi connectivity index (χ4v) is 6.45. The molecule has 0 atom stereocenters. The average Bonchev–Trinajstić information content (AvgIpc) is 2.76. The Morgan fingerprint density at radius 1 is 0.969 bits per heavy atom. The number of nitrogens with one attached hydrogen (secondary N) is 1. The first kappa shape index (κ1) is 24.4. The molecule has 1 fully saturated rings. The molecular weight excluding hydrogens is 450 g/mol. The van der Waals surface area contributed by atoms with Gasteiger partial charge in [-0.25, -0.2) is 16.8 Å². The molecule has 1 aliphatic heterocycles. The van der Waals surface area contributed by atoms with Crippen molar-refractivity contribution in [3.05, 3.63) is 53.6 Å². The van der Waals surface area contributed by atoms with Crippen LogP contribution in [0.2, 0.25) is 0 Å². The second-order valence-electron chi connectivity index (χ2n) is 8.02. The molecule has 1 saturated heterocycles. The lowest BCUT2D eigenvalue weighted by atomic mass is 10.1. The largest absolute Gasteiger partial charge is 0.324 e. The molecule has 0 aromatic heterocycles. The number of rotatable bonds is 7. The van der Waals surface area contributed by atoms with Crippen molar-refractivity contribution in [1.82, 2.24) is 8.61 Å². The first-order valence-electron chi connectivity index (χ1n) is 10.5. The van der Waals surface area contributed by atoms with Crippen molar-refractivity contribution < 1.29 is 21.6 Å². The van der Waals surface area contributed by atoms with Crippen LogP contribution in [-0.2, 0) is 24.8 Å². The van der Waals surface area contributed by atoms with Gasteiger partial charge in [-0.15, -0.1) is 0 Å². The Kier molecular flexibility index (Phi) is 7.39. The summed E-state index contributed by atoms with van der Waals surface area (Å²) in [5, 5.41) is 2.58. The number of carbonyl (C=O) groups excluding carboxylic acids is 1. The molecular formula is C22H29N3O5S2. The number of benzene rings is 2. The number of hydrogen-bond acceptors (Lipinski definition) is 5. The van der Waals surface area contributed by atoms with Crippen LogP contribution in [0.5, 0.6) is 0 Å². The van der Waals surface area contributed by atoms with Crippen molar-refractivity contribution in [2.24, 2.45) is 0 Å². The maximum absolute atomic E-state index is 13.1. The number of carbonyl (C=O) groups is 1. The van der Waals surface area contributed by atoms with Crippen LogP contribution in [0.25, 0.3) is 0 Å². The number of sulfonamides is 2. The van der Waals surface area contributed by atoms with Gasteiger partial charge >= 0.3 is 0 Å². The first-order chi connectivity index (χ1) is 15.0. The van der Waals surface area contributed by atoms with Gasteiger partial charge in [0.15, 0.2) is 0 Å². The summed E-state index contributed by atoms with van der Waals surface area (Å²) in [6.07, 6.45) is 2.59. The highest BCUT2D eigenvalue weighted by atomic mass is 32.2. The van der Waals surface area contributed by atoms with Gasteiger partial charge in [-0.1, -0.05) is 24.6 Å². The summed E-state index contributed by atoms with van der Waals surface area (Å²) >= 11 is 0. The van der Waals surface area contributed by atoms with E-state index in [0.29, 0.717) is 13.1 Å². The van der Waals surface area contributed by atoms with Crippen molar-refractivity contribution in [2.45, 2.75) is 42.9 Å². The second-order valence-corrected chi connectivity index (χ2v) is 12.0. The van der Waals surface area contributed by atoms with Crippen LogP contribution >= 0.6 is 0 Å². The zero-order chi connectivity index (χ0) is 23.5. The Hall–Kier alpha value is -2.27. The number of amides is 1. The lowest BCUT2D eigenvalue weighted by Gasteiger charge is -2.27. The molecule has 2 aromatic rings. The molecule has 0 saturated carbocycles. The van der Waals surface area contributed by atoms with Crippen molar-refractivity contribution in [1.29, 1.82) is 0 Å². The Balaban J connectivity index is 1.77. The van der Waals surface area contributed by atoms with Crippen molar-refractivity contribution in [3.63, 3.8) is 0 Å². The average molecular weight is 480 g/mol. The van der Waals surface area contributed by atoms with E-state index in [1.54, 1.807) is 24.3 Å². The monoisotopic (exact) mass is 479 g/mol. The summed E-state index contributed by atoms with van der Waals surface area (Å²) in [7, 11) is -6.32. The molecule has 1 amide bonds. The van der Waals surface area contributed by atoms with E-state index in [4.69, 9.17) is 0 Å². The van der Waals surface area contributed by atoms with Crippen LogP contribution in [0.4, 0.5) is 5.69 Å². The molecule has 3 rings (SSSR count). The SMILES string of the molecule is Cc1ccc(S(=O)(=O)N(C)CC(=O)Nc2ccccc2S(=O)(=O)N2CCCCC2)cc1C. The van der Waals surface area contributed by atoms with E-state index in [2.05, 4.69) is 5.32 Å². The molecule has 0 spiro atoms. The predicted octanol–water partition coefficient (Wildman–Crippen LogP) is 2.74. The normalized spacial score (nSPS) is 15.6. The van der Waals surface area contributed by atoms with Crippen LogP contribution in [0.1, 0.15) is 30.4 Å². The van der Waals surface area contributed by atoms with Gasteiger partial charge in [0.25, 0.3) is 0 Å². The van der Waals surface area contributed by atoms with Gasteiger partial charge < -0.3 is 5.32 Å². The standard InChI is InChI=1S/C22H29N3O5S2/c1-17-11-12-19(15-18(17)2)31(27,28)24(3)16-22(26)23-20-9-5-6-10-21(20)32(29,30)25-13-7-4-8-14-25/h5-6,9-12,15H,4,7-8,13-14,16H2,1-3H3,(H,23,26). The molecule has 2 aromatic carbocycles. The predicted molar refractivity (Wildman–Crippen MR) is 123 cm³/mol. The van der Waals surface area contributed by atoms with Gasteiger partial charge in [0.05, 0.1) is 17.1 Å². The Morgan fingerprint density at radius 2 is 1.62 bits per heavy atom. The maximum Gasteiger partial charge on any atom is 0.245 e. The molecule has 0 unspecified atom stereocenters. The van der Waals surface area contributed by atoms with Gasteiger partial charge in [0.1, 0.15) is 4.90 Å². The summed E-state index contributed by atoms with van der Waals surface area (Å²) in [4.78, 5) is 12.8. The van der Waals surface area contributed by atoms with Crippen LogP contribution in [0, 0.1) is 13.8 Å². The van der Waals surface area contributed by atoms with Gasteiger partial charge in [-0.2, -0.15) is 8.61 Å².